The highest BCUT2D eigenvalue weighted by atomic mass is 16.3. The highest BCUT2D eigenvalue weighted by Crippen LogP contribution is 2.21. The third-order valence-corrected chi connectivity index (χ3v) is 2.82. The van der Waals surface area contributed by atoms with Gasteiger partial charge in [-0.15, -0.1) is 0 Å². The molecule has 0 aliphatic rings. The molecule has 0 fully saturated rings. The molecule has 1 unspecified atom stereocenters. The summed E-state index contributed by atoms with van der Waals surface area (Å²) in [6.07, 6.45) is 1.13. The van der Waals surface area contributed by atoms with Crippen LogP contribution in [0.2, 0.25) is 0 Å². The van der Waals surface area contributed by atoms with Crippen LogP contribution in [0.25, 0.3) is 10.9 Å². The number of aliphatic hydroxyl groups is 1. The Labute approximate surface area is 105 Å². The van der Waals surface area contributed by atoms with Gasteiger partial charge < -0.3 is 20.7 Å². The van der Waals surface area contributed by atoms with Crippen molar-refractivity contribution in [3.8, 4) is 0 Å². The van der Waals surface area contributed by atoms with E-state index in [2.05, 4.69) is 4.98 Å². The third-order valence-electron chi connectivity index (χ3n) is 2.82. The zero-order valence-corrected chi connectivity index (χ0v) is 10.5. The topological polar surface area (TPSA) is 82.3 Å². The fourth-order valence-corrected chi connectivity index (χ4v) is 2.01. The fourth-order valence-electron chi connectivity index (χ4n) is 2.01. The monoisotopic (exact) mass is 247 g/mol. The zero-order chi connectivity index (χ0) is 13.3. The van der Waals surface area contributed by atoms with Crippen LogP contribution < -0.4 is 5.73 Å². The standard InChI is InChI=1S/C13H17N3O2/c1-8(17)7-16(2)13(18)11-6-15-12-5-9(14)3-4-10(11)12/h3-6,8,15,17H,7,14H2,1-2H3. The summed E-state index contributed by atoms with van der Waals surface area (Å²) in [7, 11) is 1.67. The number of nitrogens with one attached hydrogen (secondary N) is 1. The number of rotatable bonds is 3. The highest BCUT2D eigenvalue weighted by molar-refractivity contribution is 6.07. The van der Waals surface area contributed by atoms with E-state index in [0.717, 1.165) is 10.9 Å². The Hall–Kier alpha value is -2.01. The predicted molar refractivity (Wildman–Crippen MR) is 71.4 cm³/mol. The van der Waals surface area contributed by atoms with Crippen molar-refractivity contribution in [2.45, 2.75) is 13.0 Å². The minimum atomic E-state index is -0.542. The van der Waals surface area contributed by atoms with Crippen LogP contribution in [0.3, 0.4) is 0 Å². The molecule has 5 nitrogen and oxygen atoms in total. The predicted octanol–water partition coefficient (Wildman–Crippen LogP) is 1.20. The van der Waals surface area contributed by atoms with E-state index in [9.17, 15) is 9.90 Å². The molecule has 1 amide bonds. The van der Waals surface area contributed by atoms with Gasteiger partial charge in [-0.1, -0.05) is 0 Å². The maximum atomic E-state index is 12.2. The van der Waals surface area contributed by atoms with Gasteiger partial charge in [0.2, 0.25) is 0 Å². The Balaban J connectivity index is 2.33. The lowest BCUT2D eigenvalue weighted by Crippen LogP contribution is -2.32. The fraction of sp³-hybridized carbons (Fsp3) is 0.308. The molecule has 5 heteroatoms. The van der Waals surface area contributed by atoms with Crippen LogP contribution in [0.5, 0.6) is 0 Å². The second-order valence-corrected chi connectivity index (χ2v) is 4.54. The molecule has 1 aromatic heterocycles. The number of benzene rings is 1. The van der Waals surface area contributed by atoms with Gasteiger partial charge in [0.15, 0.2) is 0 Å². The molecule has 0 aliphatic heterocycles. The van der Waals surface area contributed by atoms with Gasteiger partial charge in [0.25, 0.3) is 5.91 Å². The van der Waals surface area contributed by atoms with E-state index in [1.165, 1.54) is 4.90 Å². The van der Waals surface area contributed by atoms with E-state index in [1.54, 1.807) is 32.3 Å². The molecule has 1 atom stereocenters. The first-order valence-corrected chi connectivity index (χ1v) is 5.79. The van der Waals surface area contributed by atoms with Gasteiger partial charge in [0, 0.05) is 36.4 Å². The quantitative estimate of drug-likeness (QED) is 0.713. The number of nitrogens with two attached hydrogens (primary N) is 1. The second kappa shape index (κ2) is 4.70. The number of aromatic nitrogens is 1. The number of amides is 1. The van der Waals surface area contributed by atoms with Crippen molar-refractivity contribution in [3.63, 3.8) is 0 Å². The number of H-pyrrole nitrogens is 1. The molecule has 2 aromatic rings. The number of aliphatic hydroxyl groups excluding tert-OH is 1. The third kappa shape index (κ3) is 2.31. The number of fused-ring (bicyclic) bond motifs is 1. The summed E-state index contributed by atoms with van der Waals surface area (Å²) in [4.78, 5) is 16.7. The summed E-state index contributed by atoms with van der Waals surface area (Å²) < 4.78 is 0. The number of carbonyl (C=O) groups is 1. The van der Waals surface area contributed by atoms with E-state index < -0.39 is 6.10 Å². The Bertz CT molecular complexity index is 575. The average molecular weight is 247 g/mol. The number of likely N-dealkylation sites (N-methyl/N-ethyl adjacent to an activating group) is 1. The number of hydrogen-bond acceptors (Lipinski definition) is 3. The summed E-state index contributed by atoms with van der Waals surface area (Å²) in [5.41, 5.74) is 7.77. The van der Waals surface area contributed by atoms with Gasteiger partial charge in [-0.25, -0.2) is 0 Å². The van der Waals surface area contributed by atoms with Crippen molar-refractivity contribution in [1.82, 2.24) is 9.88 Å². The summed E-state index contributed by atoms with van der Waals surface area (Å²) in [6.45, 7) is 1.96. The van der Waals surface area contributed by atoms with E-state index >= 15 is 0 Å². The lowest BCUT2D eigenvalue weighted by atomic mass is 10.1. The zero-order valence-electron chi connectivity index (χ0n) is 10.5. The van der Waals surface area contributed by atoms with Crippen LogP contribution in [0.1, 0.15) is 17.3 Å². The Kier molecular flexibility index (Phi) is 3.25. The van der Waals surface area contributed by atoms with Gasteiger partial charge in [-0.2, -0.15) is 0 Å². The molecule has 96 valence electrons. The number of nitrogens with zero attached hydrogens (tertiary/aromatic N) is 1. The van der Waals surface area contributed by atoms with Crippen LogP contribution in [-0.2, 0) is 0 Å². The minimum Gasteiger partial charge on any atom is -0.399 e. The van der Waals surface area contributed by atoms with Gasteiger partial charge in [0.1, 0.15) is 0 Å². The summed E-state index contributed by atoms with van der Waals surface area (Å²) in [5, 5.41) is 10.1. The number of hydrogen-bond donors (Lipinski definition) is 3. The van der Waals surface area contributed by atoms with Crippen molar-refractivity contribution in [2.75, 3.05) is 19.3 Å². The Morgan fingerprint density at radius 2 is 2.28 bits per heavy atom. The molecule has 0 spiro atoms. The SMILES string of the molecule is CC(O)CN(C)C(=O)c1c[nH]c2cc(N)ccc12. The molecular formula is C13H17N3O2. The lowest BCUT2D eigenvalue weighted by Gasteiger charge is -2.18. The average Bonchev–Trinajstić information content (AvgIpc) is 2.69. The maximum absolute atomic E-state index is 12.2. The minimum absolute atomic E-state index is 0.119. The maximum Gasteiger partial charge on any atom is 0.255 e. The van der Waals surface area contributed by atoms with Crippen molar-refractivity contribution in [1.29, 1.82) is 0 Å². The molecule has 0 saturated carbocycles. The molecule has 0 bridgehead atoms. The first-order valence-electron chi connectivity index (χ1n) is 5.79. The Morgan fingerprint density at radius 3 is 2.94 bits per heavy atom. The van der Waals surface area contributed by atoms with E-state index in [4.69, 9.17) is 5.73 Å². The highest BCUT2D eigenvalue weighted by Gasteiger charge is 2.17. The molecule has 0 saturated heterocycles. The van der Waals surface area contributed by atoms with Crippen LogP contribution in [0, 0.1) is 0 Å². The molecule has 1 heterocycles. The van der Waals surface area contributed by atoms with Gasteiger partial charge in [-0.05, 0) is 25.1 Å². The molecule has 4 N–H and O–H groups in total. The Morgan fingerprint density at radius 1 is 1.56 bits per heavy atom. The normalized spacial score (nSPS) is 12.6. The molecule has 0 aliphatic carbocycles. The van der Waals surface area contributed by atoms with Gasteiger partial charge in [0.05, 0.1) is 11.7 Å². The van der Waals surface area contributed by atoms with Crippen molar-refractivity contribution >= 4 is 22.5 Å². The van der Waals surface area contributed by atoms with Gasteiger partial charge >= 0.3 is 0 Å². The van der Waals surface area contributed by atoms with Gasteiger partial charge in [-0.3, -0.25) is 4.79 Å². The van der Waals surface area contributed by atoms with E-state index in [1.807, 2.05) is 6.07 Å². The first-order chi connectivity index (χ1) is 8.49. The second-order valence-electron chi connectivity index (χ2n) is 4.54. The lowest BCUT2D eigenvalue weighted by molar-refractivity contribution is 0.0705. The summed E-state index contributed by atoms with van der Waals surface area (Å²) in [5.74, 6) is -0.119. The first kappa shape index (κ1) is 12.4. The van der Waals surface area contributed by atoms with Crippen molar-refractivity contribution in [2.24, 2.45) is 0 Å². The van der Waals surface area contributed by atoms with Crippen molar-refractivity contribution < 1.29 is 9.90 Å². The van der Waals surface area contributed by atoms with E-state index in [-0.39, 0.29) is 5.91 Å². The number of carbonyl (C=O) groups excluding carboxylic acids is 1. The largest absolute Gasteiger partial charge is 0.399 e. The molecule has 2 rings (SSSR count). The smallest absolute Gasteiger partial charge is 0.255 e. The van der Waals surface area contributed by atoms with E-state index in [0.29, 0.717) is 17.8 Å². The van der Waals surface area contributed by atoms with Crippen LogP contribution in [0.4, 0.5) is 5.69 Å². The number of nitrogen functional groups attached to an aromatic ring is 1. The number of aromatic amines is 1. The van der Waals surface area contributed by atoms with Crippen molar-refractivity contribution in [3.05, 3.63) is 30.0 Å². The molecule has 18 heavy (non-hydrogen) atoms. The van der Waals surface area contributed by atoms with Crippen LogP contribution in [-0.4, -0.2) is 40.6 Å². The summed E-state index contributed by atoms with van der Waals surface area (Å²) in [6, 6.07) is 5.38. The van der Waals surface area contributed by atoms with Crippen LogP contribution >= 0.6 is 0 Å². The summed E-state index contributed by atoms with van der Waals surface area (Å²) >= 11 is 0. The number of anilines is 1. The molecule has 0 radical (unpaired) electrons. The van der Waals surface area contributed by atoms with Crippen LogP contribution in [0.15, 0.2) is 24.4 Å². The molecular weight excluding hydrogens is 230 g/mol. The molecule has 1 aromatic carbocycles.